The fourth-order valence-corrected chi connectivity index (χ4v) is 2.97. The lowest BCUT2D eigenvalue weighted by Gasteiger charge is -2.41. The average Bonchev–Trinajstić information content (AvgIpc) is 2.86. The molecule has 5 nitrogen and oxygen atoms in total. The molecule has 1 aromatic heterocycles. The molecule has 3 heterocycles. The van der Waals surface area contributed by atoms with Crippen molar-refractivity contribution >= 4 is 11.0 Å². The van der Waals surface area contributed by atoms with E-state index in [2.05, 4.69) is 14.9 Å². The summed E-state index contributed by atoms with van der Waals surface area (Å²) < 4.78 is 11.4. The van der Waals surface area contributed by atoms with Crippen LogP contribution in [0.15, 0.2) is 24.5 Å². The molecule has 5 heteroatoms. The largest absolute Gasteiger partial charge is 0.490 e. The average molecular weight is 273 g/mol. The van der Waals surface area contributed by atoms with E-state index >= 15 is 0 Å². The number of aromatic nitrogens is 2. The monoisotopic (exact) mass is 273 g/mol. The lowest BCUT2D eigenvalue weighted by Crippen LogP contribution is -2.52. The Morgan fingerprint density at radius 2 is 2.10 bits per heavy atom. The Morgan fingerprint density at radius 3 is 2.85 bits per heavy atom. The van der Waals surface area contributed by atoms with Gasteiger partial charge in [-0.1, -0.05) is 0 Å². The lowest BCUT2D eigenvalue weighted by atomic mass is 10.0. The van der Waals surface area contributed by atoms with E-state index in [0.717, 1.165) is 55.9 Å². The van der Waals surface area contributed by atoms with Gasteiger partial charge in [-0.25, -0.2) is 4.98 Å². The number of ether oxygens (including phenoxy) is 2. The van der Waals surface area contributed by atoms with Gasteiger partial charge < -0.3 is 14.5 Å². The van der Waals surface area contributed by atoms with Crippen LogP contribution in [-0.2, 0) is 4.74 Å². The van der Waals surface area contributed by atoms with Crippen LogP contribution >= 0.6 is 0 Å². The Hall–Kier alpha value is -1.59. The lowest BCUT2D eigenvalue weighted by molar-refractivity contribution is -0.0778. The first-order chi connectivity index (χ1) is 9.88. The normalized spacial score (nSPS) is 22.0. The molecule has 0 spiro atoms. The number of nitrogens with zero attached hydrogens (tertiary/aromatic N) is 2. The fourth-order valence-electron chi connectivity index (χ4n) is 2.97. The number of hydrogen-bond donors (Lipinski definition) is 1. The Labute approximate surface area is 117 Å². The van der Waals surface area contributed by atoms with Crippen molar-refractivity contribution in [2.75, 3.05) is 26.3 Å². The van der Waals surface area contributed by atoms with E-state index in [1.54, 1.807) is 6.33 Å². The summed E-state index contributed by atoms with van der Waals surface area (Å²) in [5, 5.41) is 0. The number of rotatable bonds is 3. The first-order valence-electron chi connectivity index (χ1n) is 7.30. The third-order valence-corrected chi connectivity index (χ3v) is 4.31. The van der Waals surface area contributed by atoms with Gasteiger partial charge in [-0.2, -0.15) is 0 Å². The maximum Gasteiger partial charge on any atom is 0.121 e. The van der Waals surface area contributed by atoms with E-state index in [1.807, 2.05) is 18.2 Å². The van der Waals surface area contributed by atoms with E-state index in [1.165, 1.54) is 0 Å². The van der Waals surface area contributed by atoms with Gasteiger partial charge >= 0.3 is 0 Å². The highest BCUT2D eigenvalue weighted by Gasteiger charge is 2.30. The molecule has 0 atom stereocenters. The molecule has 0 bridgehead atoms. The molecule has 2 fully saturated rings. The van der Waals surface area contributed by atoms with E-state index in [-0.39, 0.29) is 0 Å². The molecule has 0 unspecified atom stereocenters. The highest BCUT2D eigenvalue weighted by Crippen LogP contribution is 2.24. The number of imidazole rings is 1. The number of benzene rings is 1. The predicted molar refractivity (Wildman–Crippen MR) is 75.9 cm³/mol. The van der Waals surface area contributed by atoms with Crippen LogP contribution in [0.1, 0.15) is 12.8 Å². The van der Waals surface area contributed by atoms with Gasteiger partial charge in [0.15, 0.2) is 0 Å². The molecule has 0 saturated carbocycles. The van der Waals surface area contributed by atoms with E-state index in [0.29, 0.717) is 12.1 Å². The minimum atomic E-state index is 0.326. The second kappa shape index (κ2) is 5.07. The van der Waals surface area contributed by atoms with Crippen molar-refractivity contribution < 1.29 is 9.47 Å². The zero-order chi connectivity index (χ0) is 13.4. The molecule has 2 aliphatic rings. The number of piperidine rings is 1. The molecule has 2 aliphatic heterocycles. The molecule has 20 heavy (non-hydrogen) atoms. The minimum Gasteiger partial charge on any atom is -0.490 e. The molecule has 2 saturated heterocycles. The van der Waals surface area contributed by atoms with Gasteiger partial charge in [-0.3, -0.25) is 4.90 Å². The second-order valence-electron chi connectivity index (χ2n) is 5.63. The Bertz CT molecular complexity index is 586. The molecule has 2 aromatic rings. The quantitative estimate of drug-likeness (QED) is 0.926. The van der Waals surface area contributed by atoms with Crippen molar-refractivity contribution in [3.05, 3.63) is 24.5 Å². The van der Waals surface area contributed by atoms with E-state index in [9.17, 15) is 0 Å². The van der Waals surface area contributed by atoms with Crippen LogP contribution in [0.25, 0.3) is 11.0 Å². The van der Waals surface area contributed by atoms with Crippen LogP contribution in [0.4, 0.5) is 0 Å². The van der Waals surface area contributed by atoms with Crippen molar-refractivity contribution in [2.45, 2.75) is 25.0 Å². The molecule has 0 radical (unpaired) electrons. The fraction of sp³-hybridized carbons (Fsp3) is 0.533. The Balaban J connectivity index is 1.37. The third kappa shape index (κ3) is 2.27. The molecule has 0 aliphatic carbocycles. The number of nitrogens with one attached hydrogen (secondary N) is 1. The van der Waals surface area contributed by atoms with Crippen LogP contribution in [0.5, 0.6) is 5.75 Å². The molecule has 1 N–H and O–H groups in total. The molecule has 4 rings (SSSR count). The maximum absolute atomic E-state index is 6.11. The summed E-state index contributed by atoms with van der Waals surface area (Å²) in [6, 6.07) is 6.70. The van der Waals surface area contributed by atoms with Crippen molar-refractivity contribution in [1.82, 2.24) is 14.9 Å². The predicted octanol–water partition coefficient (Wildman–Crippen LogP) is 1.80. The summed E-state index contributed by atoms with van der Waals surface area (Å²) in [5.74, 6) is 0.937. The van der Waals surface area contributed by atoms with Crippen LogP contribution in [0, 0.1) is 0 Å². The third-order valence-electron chi connectivity index (χ3n) is 4.31. The summed E-state index contributed by atoms with van der Waals surface area (Å²) in [6.45, 7) is 4.04. The van der Waals surface area contributed by atoms with Gasteiger partial charge in [-0.05, 0) is 25.0 Å². The van der Waals surface area contributed by atoms with Gasteiger partial charge in [0.05, 0.1) is 36.6 Å². The Morgan fingerprint density at radius 1 is 1.25 bits per heavy atom. The van der Waals surface area contributed by atoms with Gasteiger partial charge in [0.25, 0.3) is 0 Å². The summed E-state index contributed by atoms with van der Waals surface area (Å²) in [6.07, 6.45) is 4.23. The maximum atomic E-state index is 6.11. The van der Waals surface area contributed by atoms with Crippen molar-refractivity contribution in [2.24, 2.45) is 0 Å². The van der Waals surface area contributed by atoms with Crippen molar-refractivity contribution in [3.8, 4) is 5.75 Å². The Kier molecular flexibility index (Phi) is 3.09. The zero-order valence-electron chi connectivity index (χ0n) is 11.4. The molecule has 1 aromatic carbocycles. The van der Waals surface area contributed by atoms with Crippen LogP contribution in [0.3, 0.4) is 0 Å². The van der Waals surface area contributed by atoms with Gasteiger partial charge in [-0.15, -0.1) is 0 Å². The zero-order valence-corrected chi connectivity index (χ0v) is 11.4. The van der Waals surface area contributed by atoms with Gasteiger partial charge in [0.2, 0.25) is 0 Å². The molecular weight excluding hydrogens is 254 g/mol. The number of H-pyrrole nitrogens is 1. The highest BCUT2D eigenvalue weighted by atomic mass is 16.5. The van der Waals surface area contributed by atoms with E-state index in [4.69, 9.17) is 9.47 Å². The van der Waals surface area contributed by atoms with Crippen LogP contribution in [-0.4, -0.2) is 53.3 Å². The van der Waals surface area contributed by atoms with Crippen LogP contribution in [0.2, 0.25) is 0 Å². The van der Waals surface area contributed by atoms with E-state index < -0.39 is 0 Å². The summed E-state index contributed by atoms with van der Waals surface area (Å²) >= 11 is 0. The molecular formula is C15H19N3O2. The first kappa shape index (κ1) is 12.2. The number of likely N-dealkylation sites (tertiary alicyclic amines) is 1. The number of aromatic amines is 1. The standard InChI is InChI=1S/C15H19N3O2/c1-2-14-15(17-10-16-14)7-13(1)20-12-3-5-18(6-4-12)11-8-19-9-11/h1-2,7,10-12H,3-6,8-9H2,(H,16,17). The van der Waals surface area contributed by atoms with Gasteiger partial charge in [0.1, 0.15) is 11.9 Å². The van der Waals surface area contributed by atoms with Crippen molar-refractivity contribution in [1.29, 1.82) is 0 Å². The SMILES string of the molecule is c1nc2ccc(OC3CCN(C4COC4)CC3)cc2[nH]1. The number of fused-ring (bicyclic) bond motifs is 1. The molecule has 0 amide bonds. The highest BCUT2D eigenvalue weighted by molar-refractivity contribution is 5.75. The summed E-state index contributed by atoms with van der Waals surface area (Å²) in [5.41, 5.74) is 2.02. The second-order valence-corrected chi connectivity index (χ2v) is 5.63. The summed E-state index contributed by atoms with van der Waals surface area (Å²) in [7, 11) is 0. The summed E-state index contributed by atoms with van der Waals surface area (Å²) in [4.78, 5) is 9.87. The minimum absolute atomic E-state index is 0.326. The van der Waals surface area contributed by atoms with Crippen molar-refractivity contribution in [3.63, 3.8) is 0 Å². The smallest absolute Gasteiger partial charge is 0.121 e. The number of hydrogen-bond acceptors (Lipinski definition) is 4. The topological polar surface area (TPSA) is 50.4 Å². The van der Waals surface area contributed by atoms with Gasteiger partial charge in [0, 0.05) is 19.2 Å². The first-order valence-corrected chi connectivity index (χ1v) is 7.30. The molecule has 106 valence electrons. The van der Waals surface area contributed by atoms with Crippen LogP contribution < -0.4 is 4.74 Å².